The van der Waals surface area contributed by atoms with Gasteiger partial charge in [0.15, 0.2) is 0 Å². The van der Waals surface area contributed by atoms with Crippen LogP contribution in [0.1, 0.15) is 18.1 Å². The Hall–Kier alpha value is -0.280. The van der Waals surface area contributed by atoms with E-state index >= 15 is 0 Å². The molecule has 2 unspecified atom stereocenters. The van der Waals surface area contributed by atoms with E-state index in [0.29, 0.717) is 16.7 Å². The van der Waals surface area contributed by atoms with Crippen molar-refractivity contribution in [1.29, 1.82) is 0 Å². The van der Waals surface area contributed by atoms with Gasteiger partial charge < -0.3 is 10.5 Å². The molecule has 0 amide bonds. The summed E-state index contributed by atoms with van der Waals surface area (Å²) in [5.41, 5.74) is 6.79. The van der Waals surface area contributed by atoms with Crippen LogP contribution in [-0.4, -0.2) is 12.6 Å². The van der Waals surface area contributed by atoms with E-state index in [1.807, 2.05) is 12.1 Å². The van der Waals surface area contributed by atoms with Gasteiger partial charge in [-0.15, -0.1) is 0 Å². The molecular weight excluding hydrogens is 221 g/mol. The lowest BCUT2D eigenvalue weighted by atomic mass is 10.1. The van der Waals surface area contributed by atoms with E-state index in [1.165, 1.54) is 0 Å². The van der Waals surface area contributed by atoms with Crippen molar-refractivity contribution in [2.45, 2.75) is 18.6 Å². The predicted molar refractivity (Wildman–Crippen MR) is 57.7 cm³/mol. The second-order valence-electron chi connectivity index (χ2n) is 3.49. The minimum atomic E-state index is 0.0692. The molecule has 1 aromatic rings. The maximum Gasteiger partial charge on any atom is 0.0841 e. The number of hydrogen-bond donors (Lipinski definition) is 1. The van der Waals surface area contributed by atoms with Crippen molar-refractivity contribution in [1.82, 2.24) is 0 Å². The minimum Gasteiger partial charge on any atom is -0.372 e. The Bertz CT molecular complexity index is 343. The van der Waals surface area contributed by atoms with Gasteiger partial charge in [-0.1, -0.05) is 29.3 Å². The average molecular weight is 232 g/mol. The molecule has 1 fully saturated rings. The standard InChI is InChI=1S/C10H11Cl2NO/c11-8-2-1-6(3-9(8)12)10-4-7(13)5-14-10/h1-3,7,10H,4-5,13H2. The number of benzene rings is 1. The molecule has 1 heterocycles. The lowest BCUT2D eigenvalue weighted by Crippen LogP contribution is -2.18. The zero-order chi connectivity index (χ0) is 10.1. The van der Waals surface area contributed by atoms with Crippen molar-refractivity contribution in [3.63, 3.8) is 0 Å². The summed E-state index contributed by atoms with van der Waals surface area (Å²) in [7, 11) is 0. The Morgan fingerprint density at radius 2 is 2.07 bits per heavy atom. The highest BCUT2D eigenvalue weighted by Crippen LogP contribution is 2.32. The molecule has 1 aromatic carbocycles. The smallest absolute Gasteiger partial charge is 0.0841 e. The van der Waals surface area contributed by atoms with Gasteiger partial charge in [-0.25, -0.2) is 0 Å². The van der Waals surface area contributed by atoms with Crippen LogP contribution in [0.4, 0.5) is 0 Å². The molecule has 1 saturated heterocycles. The predicted octanol–water partition coefficient (Wildman–Crippen LogP) is 2.78. The quantitative estimate of drug-likeness (QED) is 0.807. The molecule has 0 aliphatic carbocycles. The summed E-state index contributed by atoms with van der Waals surface area (Å²) in [6, 6.07) is 5.69. The van der Waals surface area contributed by atoms with Crippen molar-refractivity contribution < 1.29 is 4.74 Å². The maximum absolute atomic E-state index is 5.91. The fourth-order valence-electron chi connectivity index (χ4n) is 1.60. The summed E-state index contributed by atoms with van der Waals surface area (Å²) >= 11 is 11.7. The second kappa shape index (κ2) is 4.07. The molecule has 2 N–H and O–H groups in total. The summed E-state index contributed by atoms with van der Waals surface area (Å²) in [5.74, 6) is 0. The number of halogens is 2. The van der Waals surface area contributed by atoms with Gasteiger partial charge in [0.25, 0.3) is 0 Å². The van der Waals surface area contributed by atoms with E-state index in [9.17, 15) is 0 Å². The lowest BCUT2D eigenvalue weighted by Gasteiger charge is -2.10. The molecule has 2 atom stereocenters. The van der Waals surface area contributed by atoms with E-state index in [-0.39, 0.29) is 12.1 Å². The van der Waals surface area contributed by atoms with Crippen LogP contribution in [0.5, 0.6) is 0 Å². The lowest BCUT2D eigenvalue weighted by molar-refractivity contribution is 0.110. The van der Waals surface area contributed by atoms with E-state index in [2.05, 4.69) is 0 Å². The van der Waals surface area contributed by atoms with E-state index in [0.717, 1.165) is 12.0 Å². The summed E-state index contributed by atoms with van der Waals surface area (Å²) in [6.07, 6.45) is 0.914. The Labute approximate surface area is 92.9 Å². The van der Waals surface area contributed by atoms with Gasteiger partial charge in [-0.3, -0.25) is 0 Å². The molecule has 0 saturated carbocycles. The highest BCUT2D eigenvalue weighted by Gasteiger charge is 2.24. The largest absolute Gasteiger partial charge is 0.372 e. The zero-order valence-corrected chi connectivity index (χ0v) is 9.05. The molecule has 0 radical (unpaired) electrons. The molecule has 2 rings (SSSR count). The average Bonchev–Trinajstić information content (AvgIpc) is 2.57. The fraction of sp³-hybridized carbons (Fsp3) is 0.400. The normalized spacial score (nSPS) is 26.8. The third-order valence-corrected chi connectivity index (χ3v) is 3.08. The SMILES string of the molecule is NC1COC(c2ccc(Cl)c(Cl)c2)C1. The molecule has 1 aliphatic rings. The van der Waals surface area contributed by atoms with Crippen LogP contribution >= 0.6 is 23.2 Å². The molecular formula is C10H11Cl2NO. The van der Waals surface area contributed by atoms with Crippen molar-refractivity contribution in [2.24, 2.45) is 5.73 Å². The summed E-state index contributed by atoms with van der Waals surface area (Å²) < 4.78 is 5.52. The van der Waals surface area contributed by atoms with Crippen molar-refractivity contribution in [2.75, 3.05) is 6.61 Å². The number of rotatable bonds is 1. The first-order valence-corrected chi connectivity index (χ1v) is 5.24. The fourth-order valence-corrected chi connectivity index (χ4v) is 1.90. The summed E-state index contributed by atoms with van der Waals surface area (Å²) in [4.78, 5) is 0. The molecule has 76 valence electrons. The monoisotopic (exact) mass is 231 g/mol. The van der Waals surface area contributed by atoms with Crippen molar-refractivity contribution in [3.8, 4) is 0 Å². The summed E-state index contributed by atoms with van der Waals surface area (Å²) in [5, 5.41) is 1.13. The van der Waals surface area contributed by atoms with Gasteiger partial charge in [-0.05, 0) is 24.1 Å². The van der Waals surface area contributed by atoms with Gasteiger partial charge in [0.2, 0.25) is 0 Å². The number of hydrogen-bond acceptors (Lipinski definition) is 2. The van der Waals surface area contributed by atoms with Gasteiger partial charge in [0.1, 0.15) is 0 Å². The van der Waals surface area contributed by atoms with Crippen LogP contribution in [0.2, 0.25) is 10.0 Å². The van der Waals surface area contributed by atoms with E-state index < -0.39 is 0 Å². The van der Waals surface area contributed by atoms with Gasteiger partial charge in [0, 0.05) is 6.04 Å². The Balaban J connectivity index is 2.20. The van der Waals surface area contributed by atoms with E-state index in [4.69, 9.17) is 33.7 Å². The molecule has 1 aliphatic heterocycles. The minimum absolute atomic E-state index is 0.0692. The highest BCUT2D eigenvalue weighted by molar-refractivity contribution is 6.42. The first kappa shape index (κ1) is 10.2. The van der Waals surface area contributed by atoms with Crippen LogP contribution in [0.15, 0.2) is 18.2 Å². The number of ether oxygens (including phenoxy) is 1. The third-order valence-electron chi connectivity index (χ3n) is 2.34. The molecule has 0 spiro atoms. The highest BCUT2D eigenvalue weighted by atomic mass is 35.5. The topological polar surface area (TPSA) is 35.2 Å². The van der Waals surface area contributed by atoms with Crippen LogP contribution < -0.4 is 5.73 Å². The van der Waals surface area contributed by atoms with Crippen LogP contribution in [0, 0.1) is 0 Å². The van der Waals surface area contributed by atoms with E-state index in [1.54, 1.807) is 6.07 Å². The second-order valence-corrected chi connectivity index (χ2v) is 4.31. The molecule has 0 aromatic heterocycles. The Morgan fingerprint density at radius 1 is 1.29 bits per heavy atom. The van der Waals surface area contributed by atoms with Crippen LogP contribution in [0.25, 0.3) is 0 Å². The summed E-state index contributed by atoms with van der Waals surface area (Å²) in [6.45, 7) is 0.616. The van der Waals surface area contributed by atoms with Crippen molar-refractivity contribution in [3.05, 3.63) is 33.8 Å². The Kier molecular flexibility index (Phi) is 2.98. The zero-order valence-electron chi connectivity index (χ0n) is 7.54. The van der Waals surface area contributed by atoms with Crippen LogP contribution in [-0.2, 0) is 4.74 Å². The number of nitrogens with two attached hydrogens (primary N) is 1. The molecule has 0 bridgehead atoms. The van der Waals surface area contributed by atoms with Gasteiger partial charge in [-0.2, -0.15) is 0 Å². The molecule has 14 heavy (non-hydrogen) atoms. The first-order chi connectivity index (χ1) is 6.66. The third kappa shape index (κ3) is 2.04. The maximum atomic E-state index is 5.91. The van der Waals surface area contributed by atoms with Crippen molar-refractivity contribution >= 4 is 23.2 Å². The van der Waals surface area contributed by atoms with Gasteiger partial charge in [0.05, 0.1) is 22.8 Å². The Morgan fingerprint density at radius 3 is 2.64 bits per heavy atom. The van der Waals surface area contributed by atoms with Crippen LogP contribution in [0.3, 0.4) is 0 Å². The molecule has 4 heteroatoms. The van der Waals surface area contributed by atoms with Gasteiger partial charge >= 0.3 is 0 Å². The molecule has 2 nitrogen and oxygen atoms in total. The first-order valence-electron chi connectivity index (χ1n) is 4.49.